The Morgan fingerprint density at radius 1 is 1.48 bits per heavy atom. The number of ether oxygens (including phenoxy) is 2. The fraction of sp³-hybridized carbons (Fsp3) is 0.471. The Morgan fingerprint density at radius 2 is 2.30 bits per heavy atom. The van der Waals surface area contributed by atoms with Gasteiger partial charge in [-0.15, -0.1) is 0 Å². The van der Waals surface area contributed by atoms with E-state index in [1.165, 1.54) is 16.2 Å². The van der Waals surface area contributed by atoms with Gasteiger partial charge in [-0.3, -0.25) is 4.90 Å². The van der Waals surface area contributed by atoms with Crippen LogP contribution in [0.4, 0.5) is 15.6 Å². The molecule has 0 aromatic carbocycles. The maximum atomic E-state index is 12.2. The molecule has 0 radical (unpaired) electrons. The Morgan fingerprint density at radius 3 is 3.04 bits per heavy atom. The summed E-state index contributed by atoms with van der Waals surface area (Å²) in [4.78, 5) is 25.9. The van der Waals surface area contributed by atoms with Gasteiger partial charge in [0.2, 0.25) is 0 Å². The van der Waals surface area contributed by atoms with Gasteiger partial charge in [0.1, 0.15) is 0 Å². The number of rotatable bonds is 6. The third-order valence-corrected chi connectivity index (χ3v) is 5.71. The highest BCUT2D eigenvalue weighted by atomic mass is 35.5. The van der Waals surface area contributed by atoms with Crippen LogP contribution in [0.2, 0.25) is 5.15 Å². The average Bonchev–Trinajstić information content (AvgIpc) is 3.11. The van der Waals surface area contributed by atoms with E-state index in [0.29, 0.717) is 35.7 Å². The lowest BCUT2D eigenvalue weighted by atomic mass is 10.1. The van der Waals surface area contributed by atoms with Gasteiger partial charge in [0.15, 0.2) is 16.0 Å². The van der Waals surface area contributed by atoms with Crippen LogP contribution in [0.5, 0.6) is 5.75 Å². The van der Waals surface area contributed by atoms with Crippen LogP contribution in [0.3, 0.4) is 0 Å². The van der Waals surface area contributed by atoms with E-state index in [1.807, 2.05) is 6.07 Å². The van der Waals surface area contributed by atoms with Crippen LogP contribution < -0.4 is 19.9 Å². The van der Waals surface area contributed by atoms with Gasteiger partial charge < -0.3 is 19.7 Å². The molecule has 0 bridgehead atoms. The summed E-state index contributed by atoms with van der Waals surface area (Å²) in [6.07, 6.45) is 2.54. The quantitative estimate of drug-likeness (QED) is 0.581. The van der Waals surface area contributed by atoms with Crippen molar-refractivity contribution in [1.29, 1.82) is 0 Å². The molecule has 3 heterocycles. The molecule has 3 rings (SSSR count). The molecule has 0 atom stereocenters. The summed E-state index contributed by atoms with van der Waals surface area (Å²) in [7, 11) is 4.89. The lowest BCUT2D eigenvalue weighted by Gasteiger charge is -2.28. The zero-order valence-electron chi connectivity index (χ0n) is 15.5. The summed E-state index contributed by atoms with van der Waals surface area (Å²) in [6.45, 7) is 2.45. The minimum Gasteiger partial charge on any atom is -0.493 e. The molecule has 146 valence electrons. The molecule has 27 heavy (non-hydrogen) atoms. The molecule has 1 aliphatic heterocycles. The second-order valence-corrected chi connectivity index (χ2v) is 7.43. The van der Waals surface area contributed by atoms with E-state index < -0.39 is 0 Å². The van der Waals surface area contributed by atoms with Gasteiger partial charge in [0, 0.05) is 44.6 Å². The van der Waals surface area contributed by atoms with E-state index >= 15 is 0 Å². The van der Waals surface area contributed by atoms with Crippen molar-refractivity contribution < 1.29 is 14.3 Å². The number of fused-ring (bicyclic) bond motifs is 1. The first-order valence-corrected chi connectivity index (χ1v) is 9.66. The van der Waals surface area contributed by atoms with Gasteiger partial charge in [-0.05, 0) is 0 Å². The number of carbonyl (C=O) groups is 1. The number of halogens is 1. The van der Waals surface area contributed by atoms with Crippen LogP contribution in [-0.4, -0.2) is 57.0 Å². The molecule has 2 aromatic rings. The first kappa shape index (κ1) is 19.7. The van der Waals surface area contributed by atoms with Crippen LogP contribution in [-0.2, 0) is 17.7 Å². The fourth-order valence-corrected chi connectivity index (χ4v) is 4.01. The molecule has 1 aliphatic rings. The monoisotopic (exact) mass is 411 g/mol. The second-order valence-electron chi connectivity index (χ2n) is 6.01. The van der Waals surface area contributed by atoms with E-state index in [0.717, 1.165) is 29.2 Å². The minimum absolute atomic E-state index is 0.193. The van der Waals surface area contributed by atoms with Crippen molar-refractivity contribution in [3.8, 4) is 5.75 Å². The van der Waals surface area contributed by atoms with Crippen LogP contribution in [0.15, 0.2) is 12.3 Å². The van der Waals surface area contributed by atoms with Crippen molar-refractivity contribution in [2.75, 3.05) is 50.8 Å². The Labute approximate surface area is 167 Å². The number of aromatic nitrogens is 2. The molecular weight excluding hydrogens is 390 g/mol. The third-order valence-electron chi connectivity index (χ3n) is 4.27. The highest BCUT2D eigenvalue weighted by Crippen LogP contribution is 2.34. The number of nitrogens with one attached hydrogen (secondary N) is 1. The Balaban J connectivity index is 1.71. The molecule has 0 aliphatic carbocycles. The maximum absolute atomic E-state index is 12.2. The van der Waals surface area contributed by atoms with Crippen molar-refractivity contribution >= 4 is 39.8 Å². The number of thiazole rings is 1. The zero-order chi connectivity index (χ0) is 19.4. The van der Waals surface area contributed by atoms with Crippen LogP contribution in [0.25, 0.3) is 0 Å². The predicted molar refractivity (Wildman–Crippen MR) is 106 cm³/mol. The summed E-state index contributed by atoms with van der Waals surface area (Å²) >= 11 is 7.54. The lowest BCUT2D eigenvalue weighted by Crippen LogP contribution is -2.38. The number of amides is 2. The third kappa shape index (κ3) is 4.42. The lowest BCUT2D eigenvalue weighted by molar-refractivity contribution is 0.197. The SMILES string of the molecule is COCCNC(=O)N(C)c1nc2c(s1)CN(c1cnc(Cl)c(OC)c1)CC2. The normalized spacial score (nSPS) is 13.3. The standard InChI is InChI=1S/C17H22ClN5O3S/c1-22(16(24)19-5-7-25-2)17-21-12-4-6-23(10-14(12)27-17)11-8-13(26-3)15(18)20-9-11/h8-9H,4-7,10H2,1-3H3,(H,19,24). The Hall–Kier alpha value is -2.10. The summed E-state index contributed by atoms with van der Waals surface area (Å²) in [5.41, 5.74) is 1.99. The number of anilines is 2. The van der Waals surface area contributed by atoms with E-state index in [-0.39, 0.29) is 6.03 Å². The summed E-state index contributed by atoms with van der Waals surface area (Å²) < 4.78 is 10.2. The van der Waals surface area contributed by atoms with Gasteiger partial charge in [0.25, 0.3) is 0 Å². The molecule has 10 heteroatoms. The number of hydrogen-bond donors (Lipinski definition) is 1. The first-order valence-electron chi connectivity index (χ1n) is 8.47. The van der Waals surface area contributed by atoms with Gasteiger partial charge in [-0.2, -0.15) is 0 Å². The molecular formula is C17H22ClN5O3S. The molecule has 0 spiro atoms. The number of nitrogens with zero attached hydrogens (tertiary/aromatic N) is 4. The fourth-order valence-electron chi connectivity index (χ4n) is 2.74. The van der Waals surface area contributed by atoms with E-state index in [4.69, 9.17) is 21.1 Å². The van der Waals surface area contributed by atoms with Crippen molar-refractivity contribution in [2.24, 2.45) is 0 Å². The summed E-state index contributed by atoms with van der Waals surface area (Å²) in [5.74, 6) is 0.553. The topological polar surface area (TPSA) is 79.8 Å². The largest absolute Gasteiger partial charge is 0.493 e. The number of methoxy groups -OCH3 is 2. The van der Waals surface area contributed by atoms with Crippen molar-refractivity contribution in [2.45, 2.75) is 13.0 Å². The summed E-state index contributed by atoms with van der Waals surface area (Å²) in [6, 6.07) is 1.69. The van der Waals surface area contributed by atoms with Crippen molar-refractivity contribution in [3.63, 3.8) is 0 Å². The van der Waals surface area contributed by atoms with E-state index in [1.54, 1.807) is 27.5 Å². The highest BCUT2D eigenvalue weighted by Gasteiger charge is 2.24. The van der Waals surface area contributed by atoms with Crippen LogP contribution in [0, 0.1) is 0 Å². The summed E-state index contributed by atoms with van der Waals surface area (Å²) in [5, 5.41) is 3.83. The number of urea groups is 1. The Bertz CT molecular complexity index is 816. The van der Waals surface area contributed by atoms with Crippen molar-refractivity contribution in [3.05, 3.63) is 28.0 Å². The van der Waals surface area contributed by atoms with Gasteiger partial charge in [-0.1, -0.05) is 22.9 Å². The van der Waals surface area contributed by atoms with Gasteiger partial charge >= 0.3 is 6.03 Å². The molecule has 1 N–H and O–H groups in total. The molecule has 2 aromatic heterocycles. The zero-order valence-corrected chi connectivity index (χ0v) is 17.1. The van der Waals surface area contributed by atoms with Gasteiger partial charge in [-0.25, -0.2) is 14.8 Å². The van der Waals surface area contributed by atoms with Crippen LogP contribution in [0.1, 0.15) is 10.6 Å². The van der Waals surface area contributed by atoms with Crippen LogP contribution >= 0.6 is 22.9 Å². The second kappa shape index (κ2) is 8.73. The molecule has 0 saturated carbocycles. The molecule has 0 unspecified atom stereocenters. The average molecular weight is 412 g/mol. The number of carbonyl (C=O) groups excluding carboxylic acids is 1. The maximum Gasteiger partial charge on any atom is 0.323 e. The minimum atomic E-state index is -0.193. The highest BCUT2D eigenvalue weighted by molar-refractivity contribution is 7.16. The molecule has 0 saturated heterocycles. The molecule has 0 fully saturated rings. The van der Waals surface area contributed by atoms with E-state index in [2.05, 4.69) is 20.2 Å². The van der Waals surface area contributed by atoms with Crippen molar-refractivity contribution in [1.82, 2.24) is 15.3 Å². The Kier molecular flexibility index (Phi) is 6.35. The molecule has 8 nitrogen and oxygen atoms in total. The number of pyridine rings is 1. The smallest absolute Gasteiger partial charge is 0.323 e. The molecule has 2 amide bonds. The predicted octanol–water partition coefficient (Wildman–Crippen LogP) is 2.56. The number of hydrogen-bond acceptors (Lipinski definition) is 7. The van der Waals surface area contributed by atoms with E-state index in [9.17, 15) is 4.79 Å². The van der Waals surface area contributed by atoms with Gasteiger partial charge in [0.05, 0.1) is 37.8 Å². The first-order chi connectivity index (χ1) is 13.0.